The fraction of sp³-hybridized carbons (Fsp3) is 0.471. The first-order valence-corrected chi connectivity index (χ1v) is 8.64. The second-order valence-corrected chi connectivity index (χ2v) is 6.92. The summed E-state index contributed by atoms with van der Waals surface area (Å²) in [6.45, 7) is 5.63. The molecular formula is C17H21NO5S. The number of amides is 1. The molecule has 2 atom stereocenters. The molecule has 0 bridgehead atoms. The largest absolute Gasteiger partial charge is 0.481 e. The number of carboxylic acids is 1. The average Bonchev–Trinajstić information content (AvgIpc) is 2.81. The van der Waals surface area contributed by atoms with Crippen molar-refractivity contribution in [3.8, 4) is 0 Å². The number of allylic oxidation sites excluding steroid dienone is 2. The van der Waals surface area contributed by atoms with E-state index in [2.05, 4.69) is 5.32 Å². The highest BCUT2D eigenvalue weighted by molar-refractivity contribution is 7.16. The zero-order chi connectivity index (χ0) is 17.9. The van der Waals surface area contributed by atoms with Gasteiger partial charge < -0.3 is 15.2 Å². The van der Waals surface area contributed by atoms with E-state index < -0.39 is 23.8 Å². The van der Waals surface area contributed by atoms with Crippen LogP contribution in [0.3, 0.4) is 0 Å². The Morgan fingerprint density at radius 2 is 1.88 bits per heavy atom. The highest BCUT2D eigenvalue weighted by Crippen LogP contribution is 2.35. The average molecular weight is 351 g/mol. The van der Waals surface area contributed by atoms with Crippen LogP contribution in [0.2, 0.25) is 0 Å². The summed E-state index contributed by atoms with van der Waals surface area (Å²) in [7, 11) is 0. The molecule has 0 saturated heterocycles. The molecule has 0 radical (unpaired) electrons. The van der Waals surface area contributed by atoms with E-state index in [0.717, 1.165) is 10.4 Å². The molecule has 0 aromatic carbocycles. The molecule has 2 rings (SSSR count). The molecule has 2 N–H and O–H groups in total. The smallest absolute Gasteiger partial charge is 0.341 e. The highest BCUT2D eigenvalue weighted by Gasteiger charge is 2.35. The van der Waals surface area contributed by atoms with E-state index in [1.54, 1.807) is 19.9 Å². The summed E-state index contributed by atoms with van der Waals surface area (Å²) in [6, 6.07) is 0. The lowest BCUT2D eigenvalue weighted by atomic mass is 9.82. The minimum atomic E-state index is -0.983. The summed E-state index contributed by atoms with van der Waals surface area (Å²) in [5, 5.41) is 12.5. The molecular weight excluding hydrogens is 330 g/mol. The maximum absolute atomic E-state index is 12.6. The number of esters is 1. The Labute approximate surface area is 144 Å². The molecule has 6 nitrogen and oxygen atoms in total. The molecule has 0 spiro atoms. The van der Waals surface area contributed by atoms with Gasteiger partial charge >= 0.3 is 11.9 Å². The standard InChI is InChI=1S/C17H21NO5S/c1-4-23-17(22)13-9(2)10(3)24-15(13)18-14(19)11-7-5-6-8-12(11)16(20)21/h5-6,11-12H,4,7-8H2,1-3H3,(H,18,19)(H,20,21)/t11-,12-/m1/s1. The molecule has 0 saturated carbocycles. The number of carbonyl (C=O) groups excluding carboxylic acids is 2. The third-order valence-electron chi connectivity index (χ3n) is 4.19. The Kier molecular flexibility index (Phi) is 5.77. The van der Waals surface area contributed by atoms with Crippen molar-refractivity contribution in [2.24, 2.45) is 11.8 Å². The predicted molar refractivity (Wildman–Crippen MR) is 91.4 cm³/mol. The zero-order valence-corrected chi connectivity index (χ0v) is 14.7. The van der Waals surface area contributed by atoms with E-state index >= 15 is 0 Å². The Morgan fingerprint density at radius 3 is 2.46 bits per heavy atom. The minimum Gasteiger partial charge on any atom is -0.481 e. The van der Waals surface area contributed by atoms with Gasteiger partial charge in [-0.25, -0.2) is 4.79 Å². The molecule has 1 aliphatic rings. The normalized spacial score (nSPS) is 19.8. The highest BCUT2D eigenvalue weighted by atomic mass is 32.1. The lowest BCUT2D eigenvalue weighted by molar-refractivity contribution is -0.146. The molecule has 7 heteroatoms. The van der Waals surface area contributed by atoms with Gasteiger partial charge in [0.05, 0.1) is 24.0 Å². The van der Waals surface area contributed by atoms with Crippen molar-refractivity contribution >= 4 is 34.2 Å². The SMILES string of the molecule is CCOC(=O)c1c(NC(=O)[C@@H]2CC=CC[C@H]2C(=O)O)sc(C)c1C. The fourth-order valence-electron chi connectivity index (χ4n) is 2.75. The third-order valence-corrected chi connectivity index (χ3v) is 5.31. The van der Waals surface area contributed by atoms with Crippen LogP contribution in [0.1, 0.15) is 40.6 Å². The van der Waals surface area contributed by atoms with Crippen LogP contribution in [0.15, 0.2) is 12.2 Å². The molecule has 1 heterocycles. The second kappa shape index (κ2) is 7.61. The summed E-state index contributed by atoms with van der Waals surface area (Å²) in [4.78, 5) is 37.0. The van der Waals surface area contributed by atoms with Crippen molar-refractivity contribution in [1.29, 1.82) is 0 Å². The van der Waals surface area contributed by atoms with E-state index in [0.29, 0.717) is 23.4 Å². The number of carbonyl (C=O) groups is 3. The number of anilines is 1. The molecule has 0 unspecified atom stereocenters. The van der Waals surface area contributed by atoms with Crippen molar-refractivity contribution in [1.82, 2.24) is 0 Å². The summed E-state index contributed by atoms with van der Waals surface area (Å²) >= 11 is 1.30. The van der Waals surface area contributed by atoms with Crippen molar-refractivity contribution in [3.63, 3.8) is 0 Å². The van der Waals surface area contributed by atoms with Gasteiger partial charge in [0.2, 0.25) is 5.91 Å². The van der Waals surface area contributed by atoms with Gasteiger partial charge in [-0.05, 0) is 39.2 Å². The molecule has 130 valence electrons. The topological polar surface area (TPSA) is 92.7 Å². The van der Waals surface area contributed by atoms with Crippen LogP contribution >= 0.6 is 11.3 Å². The number of nitrogens with one attached hydrogen (secondary N) is 1. The molecule has 1 amide bonds. The van der Waals surface area contributed by atoms with E-state index in [9.17, 15) is 19.5 Å². The minimum absolute atomic E-state index is 0.245. The second-order valence-electron chi connectivity index (χ2n) is 5.69. The first-order valence-electron chi connectivity index (χ1n) is 7.82. The van der Waals surface area contributed by atoms with Crippen LogP contribution in [0.25, 0.3) is 0 Å². The molecule has 1 aliphatic carbocycles. The van der Waals surface area contributed by atoms with E-state index in [1.165, 1.54) is 11.3 Å². The van der Waals surface area contributed by atoms with Gasteiger partial charge in [0.15, 0.2) is 0 Å². The summed E-state index contributed by atoms with van der Waals surface area (Å²) in [6.07, 6.45) is 4.31. The van der Waals surface area contributed by atoms with Gasteiger partial charge in [0.25, 0.3) is 0 Å². The number of ether oxygens (including phenoxy) is 1. The molecule has 0 aliphatic heterocycles. The Bertz CT molecular complexity index is 691. The van der Waals surface area contributed by atoms with Gasteiger partial charge in [0, 0.05) is 4.88 Å². The molecule has 0 fully saturated rings. The first kappa shape index (κ1) is 18.2. The fourth-order valence-corrected chi connectivity index (χ4v) is 3.80. The van der Waals surface area contributed by atoms with Crippen LogP contribution in [-0.4, -0.2) is 29.6 Å². The number of thiophene rings is 1. The van der Waals surface area contributed by atoms with Crippen LogP contribution in [0.4, 0.5) is 5.00 Å². The Morgan fingerprint density at radius 1 is 1.25 bits per heavy atom. The van der Waals surface area contributed by atoms with Gasteiger partial charge in [-0.1, -0.05) is 12.2 Å². The Hall–Kier alpha value is -2.15. The van der Waals surface area contributed by atoms with Crippen LogP contribution < -0.4 is 5.32 Å². The van der Waals surface area contributed by atoms with Crippen LogP contribution in [0.5, 0.6) is 0 Å². The molecule has 1 aromatic rings. The number of aryl methyl sites for hydroxylation is 1. The number of hydrogen-bond donors (Lipinski definition) is 2. The van der Waals surface area contributed by atoms with Gasteiger partial charge in [-0.2, -0.15) is 0 Å². The van der Waals surface area contributed by atoms with Crippen LogP contribution in [0, 0.1) is 25.7 Å². The van der Waals surface area contributed by atoms with Crippen molar-refractivity contribution in [2.45, 2.75) is 33.6 Å². The van der Waals surface area contributed by atoms with E-state index in [1.807, 2.05) is 13.0 Å². The van der Waals surface area contributed by atoms with Crippen molar-refractivity contribution in [3.05, 3.63) is 28.2 Å². The van der Waals surface area contributed by atoms with Gasteiger partial charge in [-0.15, -0.1) is 11.3 Å². The summed E-state index contributed by atoms with van der Waals surface area (Å²) < 4.78 is 5.06. The Balaban J connectivity index is 2.26. The van der Waals surface area contributed by atoms with E-state index in [4.69, 9.17) is 4.74 Å². The summed E-state index contributed by atoms with van der Waals surface area (Å²) in [5.74, 6) is -3.23. The quantitative estimate of drug-likeness (QED) is 0.628. The number of hydrogen-bond acceptors (Lipinski definition) is 5. The third kappa shape index (κ3) is 3.67. The maximum atomic E-state index is 12.6. The lowest BCUT2D eigenvalue weighted by Gasteiger charge is -2.24. The number of carboxylic acid groups (broad SMARTS) is 1. The maximum Gasteiger partial charge on any atom is 0.341 e. The number of aliphatic carboxylic acids is 1. The lowest BCUT2D eigenvalue weighted by Crippen LogP contribution is -2.34. The van der Waals surface area contributed by atoms with Gasteiger partial charge in [0.1, 0.15) is 5.00 Å². The zero-order valence-electron chi connectivity index (χ0n) is 13.9. The molecule has 1 aromatic heterocycles. The van der Waals surface area contributed by atoms with Crippen molar-refractivity contribution < 1.29 is 24.2 Å². The van der Waals surface area contributed by atoms with E-state index in [-0.39, 0.29) is 12.5 Å². The first-order chi connectivity index (χ1) is 11.4. The molecule has 24 heavy (non-hydrogen) atoms. The predicted octanol–water partition coefficient (Wildman–Crippen LogP) is 3.15. The van der Waals surface area contributed by atoms with Crippen molar-refractivity contribution in [2.75, 3.05) is 11.9 Å². The van der Waals surface area contributed by atoms with Gasteiger partial charge in [-0.3, -0.25) is 9.59 Å². The van der Waals surface area contributed by atoms with Crippen LogP contribution in [-0.2, 0) is 14.3 Å². The number of rotatable bonds is 5. The summed E-state index contributed by atoms with van der Waals surface area (Å²) in [5.41, 5.74) is 1.12. The monoisotopic (exact) mass is 351 g/mol.